The van der Waals surface area contributed by atoms with Gasteiger partial charge in [0.05, 0.1) is 5.52 Å². The van der Waals surface area contributed by atoms with Crippen molar-refractivity contribution in [3.63, 3.8) is 0 Å². The number of halogens is 1. The van der Waals surface area contributed by atoms with Crippen LogP contribution in [0.5, 0.6) is 0 Å². The Balaban J connectivity index is 1.88. The van der Waals surface area contributed by atoms with Crippen molar-refractivity contribution in [3.8, 4) is 12.0 Å². The fourth-order valence-electron chi connectivity index (χ4n) is 3.19. The lowest BCUT2D eigenvalue weighted by Crippen LogP contribution is -2.24. The number of aromatic nitrogens is 1. The third-order valence-electron chi connectivity index (χ3n) is 4.34. The Labute approximate surface area is 141 Å². The fourth-order valence-corrected chi connectivity index (χ4v) is 3.31. The van der Waals surface area contributed by atoms with Gasteiger partial charge in [0.25, 0.3) is 0 Å². The summed E-state index contributed by atoms with van der Waals surface area (Å²) in [6, 6.07) is 17.6. The van der Waals surface area contributed by atoms with E-state index in [2.05, 4.69) is 47.0 Å². The summed E-state index contributed by atoms with van der Waals surface area (Å²) in [5, 5.41) is 5.53. The first-order chi connectivity index (χ1) is 11.2. The molecule has 1 aromatic heterocycles. The van der Waals surface area contributed by atoms with Gasteiger partial charge in [-0.2, -0.15) is 0 Å². The van der Waals surface area contributed by atoms with Gasteiger partial charge in [0.1, 0.15) is 0 Å². The second-order valence-electron chi connectivity index (χ2n) is 5.95. The van der Waals surface area contributed by atoms with Gasteiger partial charge in [-0.05, 0) is 67.8 Å². The number of rotatable bonds is 0. The molecular weight excluding hydrogens is 304 g/mol. The third-order valence-corrected chi connectivity index (χ3v) is 4.59. The van der Waals surface area contributed by atoms with Crippen LogP contribution in [0.15, 0.2) is 42.5 Å². The molecule has 0 unspecified atom stereocenters. The Kier molecular flexibility index (Phi) is 3.61. The molecule has 4 rings (SSSR count). The van der Waals surface area contributed by atoms with E-state index < -0.39 is 0 Å². The summed E-state index contributed by atoms with van der Waals surface area (Å²) in [7, 11) is 0. The van der Waals surface area contributed by atoms with Gasteiger partial charge < -0.3 is 5.32 Å². The molecule has 0 aliphatic carbocycles. The van der Waals surface area contributed by atoms with E-state index >= 15 is 0 Å². The molecular formula is C20H17ClN2. The minimum Gasteiger partial charge on any atom is -0.311 e. The highest BCUT2D eigenvalue weighted by molar-refractivity contribution is 6.30. The minimum absolute atomic E-state index is 0.735. The molecule has 0 spiro atoms. The number of fused-ring (bicyclic) bond motifs is 3. The van der Waals surface area contributed by atoms with Crippen LogP contribution in [-0.4, -0.2) is 11.1 Å². The maximum absolute atomic E-state index is 5.94. The van der Waals surface area contributed by atoms with Crippen LogP contribution in [0.4, 0.5) is 0 Å². The summed E-state index contributed by atoms with van der Waals surface area (Å²) in [4.78, 5) is 0. The molecule has 2 aromatic carbocycles. The third kappa shape index (κ3) is 2.63. The molecule has 0 atom stereocenters. The van der Waals surface area contributed by atoms with Crippen LogP contribution in [-0.2, 0) is 13.0 Å². The maximum Gasteiger partial charge on any atom is 0.0618 e. The van der Waals surface area contributed by atoms with Crippen molar-refractivity contribution >= 4 is 22.5 Å². The van der Waals surface area contributed by atoms with Gasteiger partial charge in [0.15, 0.2) is 0 Å². The van der Waals surface area contributed by atoms with Crippen molar-refractivity contribution in [2.24, 2.45) is 0 Å². The number of nitrogens with zero attached hydrogens (tertiary/aromatic N) is 1. The van der Waals surface area contributed by atoms with Crippen LogP contribution in [0.1, 0.15) is 22.4 Å². The van der Waals surface area contributed by atoms with E-state index in [0.717, 1.165) is 30.1 Å². The molecule has 3 aromatic rings. The first-order valence-corrected chi connectivity index (χ1v) is 8.21. The van der Waals surface area contributed by atoms with Crippen molar-refractivity contribution in [3.05, 3.63) is 69.9 Å². The Bertz CT molecular complexity index is 940. The summed E-state index contributed by atoms with van der Waals surface area (Å²) < 4.78 is 2.14. The van der Waals surface area contributed by atoms with E-state index in [1.807, 2.05) is 24.3 Å². The van der Waals surface area contributed by atoms with Crippen molar-refractivity contribution in [2.75, 3.05) is 6.54 Å². The van der Waals surface area contributed by atoms with Gasteiger partial charge in [0, 0.05) is 34.3 Å². The van der Waals surface area contributed by atoms with Crippen molar-refractivity contribution < 1.29 is 0 Å². The number of benzene rings is 2. The Morgan fingerprint density at radius 2 is 1.96 bits per heavy atom. The molecule has 1 aliphatic rings. The predicted octanol–water partition coefficient (Wildman–Crippen LogP) is 4.11. The van der Waals surface area contributed by atoms with Crippen LogP contribution < -0.4 is 5.32 Å². The Hall–Kier alpha value is -2.21. The van der Waals surface area contributed by atoms with Crippen molar-refractivity contribution in [1.82, 2.24) is 9.88 Å². The summed E-state index contributed by atoms with van der Waals surface area (Å²) in [5.74, 6) is 3.26. The van der Waals surface area contributed by atoms with Gasteiger partial charge in [-0.1, -0.05) is 23.2 Å². The zero-order chi connectivity index (χ0) is 15.8. The van der Waals surface area contributed by atoms with E-state index in [0.29, 0.717) is 0 Å². The Morgan fingerprint density at radius 3 is 2.78 bits per heavy atom. The van der Waals surface area contributed by atoms with Crippen LogP contribution in [0.2, 0.25) is 5.02 Å². The van der Waals surface area contributed by atoms with E-state index in [9.17, 15) is 0 Å². The van der Waals surface area contributed by atoms with E-state index in [1.165, 1.54) is 27.7 Å². The molecule has 0 fully saturated rings. The monoisotopic (exact) mass is 320 g/mol. The highest BCUT2D eigenvalue weighted by atomic mass is 35.5. The van der Waals surface area contributed by atoms with E-state index in [-0.39, 0.29) is 0 Å². The van der Waals surface area contributed by atoms with Gasteiger partial charge >= 0.3 is 0 Å². The zero-order valence-corrected chi connectivity index (χ0v) is 13.7. The molecule has 0 amide bonds. The standard InChI is InChI=1S/C20H17ClN2/c1-14-2-7-19-18(12-14)17-8-10-22-13-20(17)23(19)11-9-15-3-5-16(21)6-4-15/h2-7,12,22H,8,10,13H2,1H3. The van der Waals surface area contributed by atoms with E-state index in [4.69, 9.17) is 11.6 Å². The lowest BCUT2D eigenvalue weighted by Gasteiger charge is -2.14. The lowest BCUT2D eigenvalue weighted by atomic mass is 10.0. The molecule has 1 N–H and O–H groups in total. The fraction of sp³-hybridized carbons (Fsp3) is 0.200. The second-order valence-corrected chi connectivity index (χ2v) is 6.39. The average molecular weight is 321 g/mol. The minimum atomic E-state index is 0.735. The first kappa shape index (κ1) is 14.4. The number of hydrogen-bond acceptors (Lipinski definition) is 1. The van der Waals surface area contributed by atoms with Crippen LogP contribution in [0.3, 0.4) is 0 Å². The van der Waals surface area contributed by atoms with Gasteiger partial charge in [-0.25, -0.2) is 0 Å². The normalized spacial score (nSPS) is 13.5. The molecule has 23 heavy (non-hydrogen) atoms. The highest BCUT2D eigenvalue weighted by Crippen LogP contribution is 2.28. The maximum atomic E-state index is 5.94. The van der Waals surface area contributed by atoms with Gasteiger partial charge in [-0.15, -0.1) is 0 Å². The quantitative estimate of drug-likeness (QED) is 0.617. The number of nitrogens with one attached hydrogen (secondary N) is 1. The largest absolute Gasteiger partial charge is 0.311 e. The van der Waals surface area contributed by atoms with Crippen LogP contribution in [0, 0.1) is 18.9 Å². The number of hydrogen-bond donors (Lipinski definition) is 1. The van der Waals surface area contributed by atoms with E-state index in [1.54, 1.807) is 0 Å². The molecule has 1 aliphatic heterocycles. The van der Waals surface area contributed by atoms with Crippen LogP contribution >= 0.6 is 11.6 Å². The first-order valence-electron chi connectivity index (χ1n) is 7.83. The van der Waals surface area contributed by atoms with Crippen LogP contribution in [0.25, 0.3) is 10.9 Å². The molecule has 2 heterocycles. The molecule has 114 valence electrons. The van der Waals surface area contributed by atoms with Crippen molar-refractivity contribution in [2.45, 2.75) is 19.9 Å². The summed E-state index contributed by atoms with van der Waals surface area (Å²) >= 11 is 5.94. The lowest BCUT2D eigenvalue weighted by molar-refractivity contribution is 0.627. The summed E-state index contributed by atoms with van der Waals surface area (Å²) in [6.07, 6.45) is 1.06. The van der Waals surface area contributed by atoms with Gasteiger partial charge in [-0.3, -0.25) is 4.57 Å². The predicted molar refractivity (Wildman–Crippen MR) is 95.8 cm³/mol. The molecule has 2 nitrogen and oxygen atoms in total. The zero-order valence-electron chi connectivity index (χ0n) is 13.0. The highest BCUT2D eigenvalue weighted by Gasteiger charge is 2.18. The van der Waals surface area contributed by atoms with Crippen molar-refractivity contribution in [1.29, 1.82) is 0 Å². The summed E-state index contributed by atoms with van der Waals surface area (Å²) in [6.45, 7) is 4.05. The SMILES string of the molecule is Cc1ccc2c(c1)c1c(n2C#Cc2ccc(Cl)cc2)CNCC1. The number of aryl methyl sites for hydroxylation is 1. The summed E-state index contributed by atoms with van der Waals surface area (Å²) in [5.41, 5.74) is 6.19. The molecule has 3 heteroatoms. The smallest absolute Gasteiger partial charge is 0.0618 e. The second kappa shape index (κ2) is 5.77. The topological polar surface area (TPSA) is 17.0 Å². The average Bonchev–Trinajstić information content (AvgIpc) is 2.88. The molecule has 0 bridgehead atoms. The Morgan fingerprint density at radius 1 is 1.13 bits per heavy atom. The molecule has 0 radical (unpaired) electrons. The molecule has 0 saturated carbocycles. The molecule has 0 saturated heterocycles. The van der Waals surface area contributed by atoms with Gasteiger partial charge in [0.2, 0.25) is 0 Å².